The van der Waals surface area contributed by atoms with Crippen LogP contribution >= 0.6 is 11.6 Å². The van der Waals surface area contributed by atoms with Crippen molar-refractivity contribution in [3.8, 4) is 0 Å². The predicted molar refractivity (Wildman–Crippen MR) is 68.5 cm³/mol. The van der Waals surface area contributed by atoms with Crippen molar-refractivity contribution in [1.29, 1.82) is 0 Å². The quantitative estimate of drug-likeness (QED) is 0.775. The fourth-order valence-corrected chi connectivity index (χ4v) is 1.72. The third-order valence-corrected chi connectivity index (χ3v) is 2.70. The van der Waals surface area contributed by atoms with Crippen LogP contribution in [0.1, 0.15) is 21.6 Å². The number of Topliss-reactive ketones (excluding diaryl/α,β-unsaturated/α-hetero) is 1. The van der Waals surface area contributed by atoms with Crippen molar-refractivity contribution in [1.82, 2.24) is 4.98 Å². The molecule has 3 heteroatoms. The van der Waals surface area contributed by atoms with Crippen LogP contribution in [0.5, 0.6) is 0 Å². The summed E-state index contributed by atoms with van der Waals surface area (Å²) in [4.78, 5) is 16.2. The molecule has 86 valence electrons. The Morgan fingerprint density at radius 2 is 2.12 bits per heavy atom. The normalized spacial score (nSPS) is 10.2. The number of hydrogen-bond acceptors (Lipinski definition) is 2. The van der Waals surface area contributed by atoms with E-state index in [1.165, 1.54) is 0 Å². The van der Waals surface area contributed by atoms with Crippen LogP contribution in [0, 0.1) is 6.92 Å². The molecule has 0 aliphatic rings. The molecule has 0 bridgehead atoms. The van der Waals surface area contributed by atoms with Crippen LogP contribution in [0.2, 0.25) is 5.02 Å². The molecule has 0 amide bonds. The van der Waals surface area contributed by atoms with Crippen molar-refractivity contribution in [3.05, 3.63) is 64.4 Å². The number of benzene rings is 1. The zero-order valence-corrected chi connectivity index (χ0v) is 10.2. The van der Waals surface area contributed by atoms with E-state index in [1.54, 1.807) is 30.5 Å². The Morgan fingerprint density at radius 1 is 1.29 bits per heavy atom. The minimum Gasteiger partial charge on any atom is -0.294 e. The number of nitrogens with zero attached hydrogens (tertiary/aromatic N) is 1. The summed E-state index contributed by atoms with van der Waals surface area (Å²) in [6, 6.07) is 10.8. The van der Waals surface area contributed by atoms with Gasteiger partial charge in [0, 0.05) is 22.5 Å². The maximum atomic E-state index is 12.0. The summed E-state index contributed by atoms with van der Waals surface area (Å²) in [6.07, 6.45) is 2.07. The van der Waals surface area contributed by atoms with Gasteiger partial charge < -0.3 is 0 Å². The number of carbonyl (C=O) groups excluding carboxylic acids is 1. The van der Waals surface area contributed by atoms with E-state index in [0.29, 0.717) is 17.0 Å². The predicted octanol–water partition coefficient (Wildman–Crippen LogP) is 3.47. The van der Waals surface area contributed by atoms with Crippen LogP contribution in [-0.4, -0.2) is 10.8 Å². The number of halogens is 1. The minimum atomic E-state index is 0.0313. The molecular formula is C14H12ClNO. The molecule has 0 aliphatic carbocycles. The molecule has 0 spiro atoms. The highest BCUT2D eigenvalue weighted by Crippen LogP contribution is 2.13. The van der Waals surface area contributed by atoms with Gasteiger partial charge in [0.1, 0.15) is 0 Å². The van der Waals surface area contributed by atoms with Crippen LogP contribution in [0.15, 0.2) is 42.6 Å². The van der Waals surface area contributed by atoms with E-state index >= 15 is 0 Å². The Balaban J connectivity index is 2.14. The summed E-state index contributed by atoms with van der Waals surface area (Å²) in [7, 11) is 0. The summed E-state index contributed by atoms with van der Waals surface area (Å²) < 4.78 is 0. The second kappa shape index (κ2) is 5.11. The fourth-order valence-electron chi connectivity index (χ4n) is 1.53. The number of aryl methyl sites for hydroxylation is 1. The molecule has 1 heterocycles. The maximum Gasteiger partial charge on any atom is 0.168 e. The van der Waals surface area contributed by atoms with Crippen LogP contribution in [0.3, 0.4) is 0 Å². The van der Waals surface area contributed by atoms with Gasteiger partial charge >= 0.3 is 0 Å². The van der Waals surface area contributed by atoms with Crippen LogP contribution in [-0.2, 0) is 6.42 Å². The molecule has 0 N–H and O–H groups in total. The van der Waals surface area contributed by atoms with E-state index in [1.807, 2.05) is 19.1 Å². The number of pyridine rings is 1. The van der Waals surface area contributed by atoms with Crippen molar-refractivity contribution in [3.63, 3.8) is 0 Å². The summed E-state index contributed by atoms with van der Waals surface area (Å²) >= 11 is 5.84. The SMILES string of the molecule is Cc1ccc(CC(=O)c2cccc(Cl)c2)nc1. The average molecular weight is 246 g/mol. The van der Waals surface area contributed by atoms with E-state index in [0.717, 1.165) is 11.3 Å². The molecule has 0 atom stereocenters. The molecule has 1 aromatic heterocycles. The van der Waals surface area contributed by atoms with Gasteiger partial charge in [-0.25, -0.2) is 0 Å². The topological polar surface area (TPSA) is 30.0 Å². The van der Waals surface area contributed by atoms with E-state index in [2.05, 4.69) is 4.98 Å². The third kappa shape index (κ3) is 3.14. The van der Waals surface area contributed by atoms with Crippen molar-refractivity contribution in [2.75, 3.05) is 0 Å². The first-order chi connectivity index (χ1) is 8.15. The number of carbonyl (C=O) groups is 1. The Bertz CT molecular complexity index is 534. The van der Waals surface area contributed by atoms with E-state index in [9.17, 15) is 4.79 Å². The molecule has 0 radical (unpaired) electrons. The number of ketones is 1. The third-order valence-electron chi connectivity index (χ3n) is 2.46. The lowest BCUT2D eigenvalue weighted by Gasteiger charge is -2.02. The largest absolute Gasteiger partial charge is 0.294 e. The first-order valence-corrected chi connectivity index (χ1v) is 5.73. The van der Waals surface area contributed by atoms with Crippen molar-refractivity contribution < 1.29 is 4.79 Å². The number of rotatable bonds is 3. The molecule has 2 nitrogen and oxygen atoms in total. The molecule has 0 aliphatic heterocycles. The minimum absolute atomic E-state index is 0.0313. The smallest absolute Gasteiger partial charge is 0.168 e. The lowest BCUT2D eigenvalue weighted by molar-refractivity contribution is 0.0992. The van der Waals surface area contributed by atoms with Crippen molar-refractivity contribution in [2.45, 2.75) is 13.3 Å². The van der Waals surface area contributed by atoms with Gasteiger partial charge in [0.05, 0.1) is 6.42 Å². The van der Waals surface area contributed by atoms with Crippen LogP contribution in [0.4, 0.5) is 0 Å². The number of hydrogen-bond donors (Lipinski definition) is 0. The van der Waals surface area contributed by atoms with Crippen molar-refractivity contribution in [2.24, 2.45) is 0 Å². The molecule has 0 unspecified atom stereocenters. The Kier molecular flexibility index (Phi) is 3.55. The van der Waals surface area contributed by atoms with Gasteiger partial charge in [-0.2, -0.15) is 0 Å². The summed E-state index contributed by atoms with van der Waals surface area (Å²) in [5, 5.41) is 0.577. The highest BCUT2D eigenvalue weighted by Gasteiger charge is 2.08. The van der Waals surface area contributed by atoms with Gasteiger partial charge in [0.25, 0.3) is 0 Å². The molecule has 0 fully saturated rings. The standard InChI is InChI=1S/C14H12ClNO/c1-10-5-6-13(16-9-10)8-14(17)11-3-2-4-12(15)7-11/h2-7,9H,8H2,1H3. The molecule has 0 saturated carbocycles. The Hall–Kier alpha value is -1.67. The molecule has 2 rings (SSSR count). The Morgan fingerprint density at radius 3 is 2.76 bits per heavy atom. The summed E-state index contributed by atoms with van der Waals surface area (Å²) in [5.74, 6) is 0.0313. The zero-order chi connectivity index (χ0) is 12.3. The van der Waals surface area contributed by atoms with E-state index in [4.69, 9.17) is 11.6 Å². The molecule has 17 heavy (non-hydrogen) atoms. The summed E-state index contributed by atoms with van der Waals surface area (Å²) in [5.41, 5.74) is 2.49. The van der Waals surface area contributed by atoms with Crippen LogP contribution < -0.4 is 0 Å². The molecule has 0 saturated heterocycles. The van der Waals surface area contributed by atoms with Gasteiger partial charge in [0.2, 0.25) is 0 Å². The highest BCUT2D eigenvalue weighted by atomic mass is 35.5. The van der Waals surface area contributed by atoms with Gasteiger partial charge in [-0.05, 0) is 30.7 Å². The van der Waals surface area contributed by atoms with Crippen molar-refractivity contribution >= 4 is 17.4 Å². The zero-order valence-electron chi connectivity index (χ0n) is 9.48. The van der Waals surface area contributed by atoms with Crippen LogP contribution in [0.25, 0.3) is 0 Å². The Labute approximate surface area is 105 Å². The summed E-state index contributed by atoms with van der Waals surface area (Å²) in [6.45, 7) is 1.97. The van der Waals surface area contributed by atoms with Gasteiger partial charge in [-0.1, -0.05) is 29.8 Å². The lowest BCUT2D eigenvalue weighted by Crippen LogP contribution is -2.04. The second-order valence-corrected chi connectivity index (χ2v) is 4.37. The maximum absolute atomic E-state index is 12.0. The van der Waals surface area contributed by atoms with Gasteiger partial charge in [-0.15, -0.1) is 0 Å². The lowest BCUT2D eigenvalue weighted by atomic mass is 10.1. The van der Waals surface area contributed by atoms with Gasteiger partial charge in [-0.3, -0.25) is 9.78 Å². The molecular weight excluding hydrogens is 234 g/mol. The number of aromatic nitrogens is 1. The highest BCUT2D eigenvalue weighted by molar-refractivity contribution is 6.31. The first kappa shape index (κ1) is 11.8. The van der Waals surface area contributed by atoms with E-state index < -0.39 is 0 Å². The molecule has 2 aromatic rings. The fraction of sp³-hybridized carbons (Fsp3) is 0.143. The second-order valence-electron chi connectivity index (χ2n) is 3.94. The monoisotopic (exact) mass is 245 g/mol. The van der Waals surface area contributed by atoms with E-state index in [-0.39, 0.29) is 5.78 Å². The first-order valence-electron chi connectivity index (χ1n) is 5.35. The molecule has 1 aromatic carbocycles. The average Bonchev–Trinajstić information content (AvgIpc) is 2.32. The van der Waals surface area contributed by atoms with Gasteiger partial charge in [0.15, 0.2) is 5.78 Å².